The molecule has 106 valence electrons. The van der Waals surface area contributed by atoms with Crippen LogP contribution in [0.4, 0.5) is 5.82 Å². The average Bonchev–Trinajstić information content (AvgIpc) is 3.04. The second kappa shape index (κ2) is 6.17. The molecular weight excluding hydrogens is 262 g/mol. The Bertz CT molecular complexity index is 705. The maximum Gasteiger partial charge on any atom is 0.130 e. The van der Waals surface area contributed by atoms with Gasteiger partial charge in [0.2, 0.25) is 0 Å². The lowest BCUT2D eigenvalue weighted by Gasteiger charge is -2.08. The smallest absolute Gasteiger partial charge is 0.130 e. The third-order valence-corrected chi connectivity index (χ3v) is 3.13. The number of hydrogen-bond acceptors (Lipinski definition) is 4. The number of benzene rings is 1. The monoisotopic (exact) mass is 279 g/mol. The molecule has 5 nitrogen and oxygen atoms in total. The molecule has 3 rings (SSSR count). The fourth-order valence-corrected chi connectivity index (χ4v) is 2.12. The van der Waals surface area contributed by atoms with E-state index < -0.39 is 0 Å². The van der Waals surface area contributed by atoms with Gasteiger partial charge in [0.25, 0.3) is 0 Å². The first-order chi connectivity index (χ1) is 10.4. The highest BCUT2D eigenvalue weighted by atomic mass is 15.3. The van der Waals surface area contributed by atoms with E-state index in [1.807, 2.05) is 47.1 Å². The molecule has 0 saturated carbocycles. The number of hydrogen-bond donors (Lipinski definition) is 1. The van der Waals surface area contributed by atoms with Gasteiger partial charge in [-0.05, 0) is 24.6 Å². The van der Waals surface area contributed by atoms with Crippen LogP contribution in [-0.4, -0.2) is 26.3 Å². The number of rotatable bonds is 5. The van der Waals surface area contributed by atoms with E-state index in [1.165, 1.54) is 0 Å². The fraction of sp³-hybridized carbons (Fsp3) is 0.188. The van der Waals surface area contributed by atoms with Crippen LogP contribution in [0.15, 0.2) is 55.0 Å². The lowest BCUT2D eigenvalue weighted by Crippen LogP contribution is -2.04. The topological polar surface area (TPSA) is 55.6 Å². The zero-order valence-electron chi connectivity index (χ0n) is 11.9. The molecule has 0 fully saturated rings. The molecule has 0 amide bonds. The van der Waals surface area contributed by atoms with E-state index in [1.54, 1.807) is 12.5 Å². The van der Waals surface area contributed by atoms with Crippen LogP contribution < -0.4 is 5.32 Å². The molecule has 0 atom stereocenters. The van der Waals surface area contributed by atoms with Gasteiger partial charge in [-0.1, -0.05) is 25.1 Å². The van der Waals surface area contributed by atoms with Gasteiger partial charge in [-0.3, -0.25) is 0 Å². The van der Waals surface area contributed by atoms with Gasteiger partial charge < -0.3 is 5.32 Å². The van der Waals surface area contributed by atoms with Crippen molar-refractivity contribution in [2.45, 2.75) is 13.3 Å². The van der Waals surface area contributed by atoms with Crippen molar-refractivity contribution in [1.82, 2.24) is 19.7 Å². The first-order valence-corrected chi connectivity index (χ1v) is 7.04. The number of aromatic nitrogens is 4. The predicted molar refractivity (Wildman–Crippen MR) is 83.4 cm³/mol. The second-order valence-corrected chi connectivity index (χ2v) is 4.68. The summed E-state index contributed by atoms with van der Waals surface area (Å²) in [5, 5.41) is 7.67. The number of nitrogens with one attached hydrogen (secondary N) is 1. The Morgan fingerprint density at radius 3 is 2.76 bits per heavy atom. The second-order valence-electron chi connectivity index (χ2n) is 4.68. The minimum Gasteiger partial charge on any atom is -0.370 e. The quantitative estimate of drug-likeness (QED) is 0.779. The van der Waals surface area contributed by atoms with Crippen LogP contribution in [0.5, 0.6) is 0 Å². The minimum absolute atomic E-state index is 0.836. The summed E-state index contributed by atoms with van der Waals surface area (Å²) >= 11 is 0. The summed E-state index contributed by atoms with van der Waals surface area (Å²) in [5.74, 6) is 0.836. The average molecular weight is 279 g/mol. The van der Waals surface area contributed by atoms with Crippen molar-refractivity contribution in [3.05, 3.63) is 55.0 Å². The molecule has 3 aromatic rings. The molecule has 2 heterocycles. The number of para-hydroxylation sites is 1. The van der Waals surface area contributed by atoms with Crippen molar-refractivity contribution in [2.75, 3.05) is 11.9 Å². The molecule has 0 bridgehead atoms. The Balaban J connectivity index is 1.97. The molecule has 1 N–H and O–H groups in total. The Hall–Kier alpha value is -2.69. The van der Waals surface area contributed by atoms with Crippen molar-refractivity contribution in [3.8, 4) is 17.1 Å². The van der Waals surface area contributed by atoms with Gasteiger partial charge in [0, 0.05) is 12.6 Å². The highest BCUT2D eigenvalue weighted by Crippen LogP contribution is 2.21. The van der Waals surface area contributed by atoms with Crippen molar-refractivity contribution < 1.29 is 0 Å². The van der Waals surface area contributed by atoms with Crippen LogP contribution in [-0.2, 0) is 0 Å². The standard InChI is InChI=1S/C16H17N5/c1-2-9-17-16-11-14(18-12-19-16)15-8-10-20-21(15)13-6-4-3-5-7-13/h3-8,10-12H,2,9H2,1H3,(H,17,18,19). The van der Waals surface area contributed by atoms with Gasteiger partial charge in [-0.25, -0.2) is 14.6 Å². The molecule has 0 spiro atoms. The molecule has 0 aliphatic rings. The van der Waals surface area contributed by atoms with E-state index in [0.717, 1.165) is 35.9 Å². The van der Waals surface area contributed by atoms with Gasteiger partial charge in [-0.2, -0.15) is 5.10 Å². The van der Waals surface area contributed by atoms with Crippen LogP contribution in [0.3, 0.4) is 0 Å². The third-order valence-electron chi connectivity index (χ3n) is 3.13. The molecule has 5 heteroatoms. The largest absolute Gasteiger partial charge is 0.370 e. The molecule has 21 heavy (non-hydrogen) atoms. The summed E-state index contributed by atoms with van der Waals surface area (Å²) in [5.41, 5.74) is 2.81. The third kappa shape index (κ3) is 2.91. The molecule has 0 aliphatic heterocycles. The summed E-state index contributed by atoms with van der Waals surface area (Å²) in [6.45, 7) is 3.02. The molecule has 2 aromatic heterocycles. The molecule has 0 saturated heterocycles. The van der Waals surface area contributed by atoms with Crippen LogP contribution in [0.2, 0.25) is 0 Å². The normalized spacial score (nSPS) is 10.5. The molecule has 0 radical (unpaired) electrons. The van der Waals surface area contributed by atoms with Crippen molar-refractivity contribution in [2.24, 2.45) is 0 Å². The lowest BCUT2D eigenvalue weighted by atomic mass is 10.2. The highest BCUT2D eigenvalue weighted by molar-refractivity contribution is 5.60. The van der Waals surface area contributed by atoms with Crippen molar-refractivity contribution in [1.29, 1.82) is 0 Å². The molecule has 0 aliphatic carbocycles. The van der Waals surface area contributed by atoms with Gasteiger partial charge in [0.1, 0.15) is 12.1 Å². The molecular formula is C16H17N5. The Morgan fingerprint density at radius 1 is 1.10 bits per heavy atom. The minimum atomic E-state index is 0.836. The SMILES string of the molecule is CCCNc1cc(-c2ccnn2-c2ccccc2)ncn1. The van der Waals surface area contributed by atoms with Gasteiger partial charge in [0.15, 0.2) is 0 Å². The summed E-state index contributed by atoms with van der Waals surface area (Å²) in [6, 6.07) is 13.9. The van der Waals surface area contributed by atoms with E-state index in [4.69, 9.17) is 0 Å². The van der Waals surface area contributed by atoms with Crippen molar-refractivity contribution in [3.63, 3.8) is 0 Å². The maximum absolute atomic E-state index is 4.39. The molecule has 0 unspecified atom stereocenters. The van der Waals surface area contributed by atoms with Gasteiger partial charge >= 0.3 is 0 Å². The fourth-order valence-electron chi connectivity index (χ4n) is 2.12. The zero-order valence-corrected chi connectivity index (χ0v) is 11.9. The van der Waals surface area contributed by atoms with E-state index in [-0.39, 0.29) is 0 Å². The van der Waals surface area contributed by atoms with Gasteiger partial charge in [-0.15, -0.1) is 0 Å². The van der Waals surface area contributed by atoms with Gasteiger partial charge in [0.05, 0.1) is 23.3 Å². The Kier molecular flexibility index (Phi) is 3.91. The van der Waals surface area contributed by atoms with Crippen LogP contribution in [0.25, 0.3) is 17.1 Å². The van der Waals surface area contributed by atoms with E-state index >= 15 is 0 Å². The summed E-state index contributed by atoms with van der Waals surface area (Å²) in [4.78, 5) is 8.60. The first kappa shape index (κ1) is 13.3. The number of nitrogens with zero attached hydrogens (tertiary/aromatic N) is 4. The van der Waals surface area contributed by atoms with E-state index in [9.17, 15) is 0 Å². The number of anilines is 1. The van der Waals surface area contributed by atoms with Crippen molar-refractivity contribution >= 4 is 5.82 Å². The highest BCUT2D eigenvalue weighted by Gasteiger charge is 2.09. The van der Waals surface area contributed by atoms with Crippen LogP contribution in [0.1, 0.15) is 13.3 Å². The van der Waals surface area contributed by atoms with E-state index in [2.05, 4.69) is 27.3 Å². The maximum atomic E-state index is 4.39. The Morgan fingerprint density at radius 2 is 1.95 bits per heavy atom. The van der Waals surface area contributed by atoms with E-state index in [0.29, 0.717) is 0 Å². The molecule has 1 aromatic carbocycles. The first-order valence-electron chi connectivity index (χ1n) is 7.04. The summed E-state index contributed by atoms with van der Waals surface area (Å²) < 4.78 is 1.88. The van der Waals surface area contributed by atoms with Crippen LogP contribution >= 0.6 is 0 Å². The summed E-state index contributed by atoms with van der Waals surface area (Å²) in [7, 11) is 0. The zero-order chi connectivity index (χ0) is 14.5. The van der Waals surface area contributed by atoms with Crippen LogP contribution in [0, 0.1) is 0 Å². The Labute approximate surface area is 123 Å². The summed E-state index contributed by atoms with van der Waals surface area (Å²) in [6.07, 6.45) is 4.42. The predicted octanol–water partition coefficient (Wildman–Crippen LogP) is 3.15. The lowest BCUT2D eigenvalue weighted by molar-refractivity contribution is 0.882.